The van der Waals surface area contributed by atoms with E-state index in [2.05, 4.69) is 24.5 Å². The zero-order valence-electron chi connectivity index (χ0n) is 14.7. The highest BCUT2D eigenvalue weighted by Crippen LogP contribution is 2.12. The predicted octanol–water partition coefficient (Wildman–Crippen LogP) is 2.61. The van der Waals surface area contributed by atoms with Gasteiger partial charge in [0.1, 0.15) is 11.8 Å². The van der Waals surface area contributed by atoms with Crippen LogP contribution >= 0.6 is 0 Å². The van der Waals surface area contributed by atoms with Gasteiger partial charge in [0, 0.05) is 12.1 Å². The minimum Gasteiger partial charge on any atom is -0.497 e. The van der Waals surface area contributed by atoms with Crippen LogP contribution in [0.1, 0.15) is 44.5 Å². The lowest BCUT2D eigenvalue weighted by molar-refractivity contribution is -0.123. The summed E-state index contributed by atoms with van der Waals surface area (Å²) in [5.41, 5.74) is 0.506. The average molecular weight is 320 g/mol. The molecule has 2 amide bonds. The third kappa shape index (κ3) is 6.30. The van der Waals surface area contributed by atoms with Crippen molar-refractivity contribution in [3.8, 4) is 5.75 Å². The summed E-state index contributed by atoms with van der Waals surface area (Å²) < 4.78 is 5.07. The van der Waals surface area contributed by atoms with Crippen LogP contribution in [0, 0.1) is 11.8 Å². The van der Waals surface area contributed by atoms with Crippen molar-refractivity contribution >= 4 is 11.8 Å². The van der Waals surface area contributed by atoms with E-state index in [1.807, 2.05) is 13.8 Å². The van der Waals surface area contributed by atoms with Gasteiger partial charge in [-0.05, 0) is 42.5 Å². The van der Waals surface area contributed by atoms with E-state index in [4.69, 9.17) is 4.74 Å². The molecule has 23 heavy (non-hydrogen) atoms. The van der Waals surface area contributed by atoms with E-state index in [1.165, 1.54) is 0 Å². The number of methoxy groups -OCH3 is 1. The first-order chi connectivity index (χ1) is 10.8. The smallest absolute Gasteiger partial charge is 0.251 e. The first-order valence-corrected chi connectivity index (χ1v) is 8.07. The van der Waals surface area contributed by atoms with Gasteiger partial charge in [0.25, 0.3) is 5.91 Å². The van der Waals surface area contributed by atoms with Crippen LogP contribution in [-0.4, -0.2) is 31.5 Å². The molecule has 1 rings (SSSR count). The minimum atomic E-state index is -0.545. The SMILES string of the molecule is COc1ccc(C(=O)N[C@@H](C(=O)NCCC(C)C)C(C)C)cc1. The molecule has 5 heteroatoms. The van der Waals surface area contributed by atoms with Crippen molar-refractivity contribution in [2.24, 2.45) is 11.8 Å². The monoisotopic (exact) mass is 320 g/mol. The van der Waals surface area contributed by atoms with Gasteiger partial charge < -0.3 is 15.4 Å². The molecule has 0 aliphatic carbocycles. The maximum Gasteiger partial charge on any atom is 0.251 e. The highest BCUT2D eigenvalue weighted by molar-refractivity contribution is 5.97. The second-order valence-corrected chi connectivity index (χ2v) is 6.40. The van der Waals surface area contributed by atoms with E-state index in [9.17, 15) is 9.59 Å². The molecule has 0 unspecified atom stereocenters. The van der Waals surface area contributed by atoms with Crippen LogP contribution in [0.4, 0.5) is 0 Å². The molecule has 1 aromatic rings. The number of carbonyl (C=O) groups excluding carboxylic acids is 2. The summed E-state index contributed by atoms with van der Waals surface area (Å²) >= 11 is 0. The quantitative estimate of drug-likeness (QED) is 0.774. The molecule has 0 spiro atoms. The third-order valence-corrected chi connectivity index (χ3v) is 3.61. The molecular formula is C18H28N2O3. The van der Waals surface area contributed by atoms with Crippen LogP contribution in [-0.2, 0) is 4.79 Å². The molecule has 128 valence electrons. The van der Waals surface area contributed by atoms with Gasteiger partial charge in [0.15, 0.2) is 0 Å². The number of rotatable bonds is 8. The van der Waals surface area contributed by atoms with Gasteiger partial charge in [0.2, 0.25) is 5.91 Å². The Hall–Kier alpha value is -2.04. The van der Waals surface area contributed by atoms with Crippen LogP contribution in [0.2, 0.25) is 0 Å². The maximum atomic E-state index is 12.3. The Morgan fingerprint density at radius 2 is 1.70 bits per heavy atom. The minimum absolute atomic E-state index is 0.0104. The lowest BCUT2D eigenvalue weighted by atomic mass is 10.0. The number of carbonyl (C=O) groups is 2. The summed E-state index contributed by atoms with van der Waals surface area (Å²) in [6, 6.07) is 6.27. The standard InChI is InChI=1S/C18H28N2O3/c1-12(2)10-11-19-18(22)16(13(3)4)20-17(21)14-6-8-15(23-5)9-7-14/h6-9,12-13,16H,10-11H2,1-5H3,(H,19,22)(H,20,21)/t16-/m1/s1. The Morgan fingerprint density at radius 1 is 1.09 bits per heavy atom. The summed E-state index contributed by atoms with van der Waals surface area (Å²) in [6.45, 7) is 8.68. The molecular weight excluding hydrogens is 292 g/mol. The fourth-order valence-corrected chi connectivity index (χ4v) is 2.10. The first kappa shape index (κ1) is 19.0. The van der Waals surface area contributed by atoms with Gasteiger partial charge in [0.05, 0.1) is 7.11 Å². The van der Waals surface area contributed by atoms with Gasteiger partial charge in [-0.2, -0.15) is 0 Å². The lowest BCUT2D eigenvalue weighted by Gasteiger charge is -2.22. The van der Waals surface area contributed by atoms with E-state index in [0.717, 1.165) is 6.42 Å². The molecule has 0 aliphatic rings. The summed E-state index contributed by atoms with van der Waals surface area (Å²) in [5, 5.41) is 5.71. The van der Waals surface area contributed by atoms with Crippen LogP contribution in [0.15, 0.2) is 24.3 Å². The van der Waals surface area contributed by atoms with Gasteiger partial charge in [-0.25, -0.2) is 0 Å². The van der Waals surface area contributed by atoms with Crippen LogP contribution in [0.25, 0.3) is 0 Å². The summed E-state index contributed by atoms with van der Waals surface area (Å²) in [6.07, 6.45) is 0.920. The van der Waals surface area contributed by atoms with E-state index in [0.29, 0.717) is 23.8 Å². The van der Waals surface area contributed by atoms with Crippen molar-refractivity contribution in [3.05, 3.63) is 29.8 Å². The molecule has 0 aromatic heterocycles. The second-order valence-electron chi connectivity index (χ2n) is 6.40. The van der Waals surface area contributed by atoms with E-state index >= 15 is 0 Å². The zero-order chi connectivity index (χ0) is 17.4. The number of amides is 2. The highest BCUT2D eigenvalue weighted by atomic mass is 16.5. The van der Waals surface area contributed by atoms with E-state index < -0.39 is 6.04 Å². The van der Waals surface area contributed by atoms with Crippen molar-refractivity contribution in [2.75, 3.05) is 13.7 Å². The molecule has 1 aromatic carbocycles. The topological polar surface area (TPSA) is 67.4 Å². The van der Waals surface area contributed by atoms with Crippen LogP contribution in [0.3, 0.4) is 0 Å². The zero-order valence-corrected chi connectivity index (χ0v) is 14.7. The molecule has 0 heterocycles. The normalized spacial score (nSPS) is 12.1. The highest BCUT2D eigenvalue weighted by Gasteiger charge is 2.24. The number of ether oxygens (including phenoxy) is 1. The lowest BCUT2D eigenvalue weighted by Crippen LogP contribution is -2.50. The van der Waals surface area contributed by atoms with E-state index in [1.54, 1.807) is 31.4 Å². The molecule has 0 bridgehead atoms. The Morgan fingerprint density at radius 3 is 2.17 bits per heavy atom. The number of hydrogen-bond donors (Lipinski definition) is 2. The Balaban J connectivity index is 2.66. The predicted molar refractivity (Wildman–Crippen MR) is 91.6 cm³/mol. The molecule has 2 N–H and O–H groups in total. The van der Waals surface area contributed by atoms with Crippen molar-refractivity contribution < 1.29 is 14.3 Å². The molecule has 0 radical (unpaired) electrons. The molecule has 5 nitrogen and oxygen atoms in total. The summed E-state index contributed by atoms with van der Waals surface area (Å²) in [7, 11) is 1.57. The molecule has 0 aliphatic heterocycles. The molecule has 0 saturated heterocycles. The van der Waals surface area contributed by atoms with Crippen molar-refractivity contribution in [1.82, 2.24) is 10.6 Å². The van der Waals surface area contributed by atoms with E-state index in [-0.39, 0.29) is 17.7 Å². The summed E-state index contributed by atoms with van der Waals surface area (Å²) in [4.78, 5) is 24.6. The third-order valence-electron chi connectivity index (χ3n) is 3.61. The Kier molecular flexibility index (Phi) is 7.59. The molecule has 1 atom stereocenters. The van der Waals surface area contributed by atoms with Crippen molar-refractivity contribution in [2.45, 2.75) is 40.2 Å². The Labute approximate surface area is 138 Å². The Bertz CT molecular complexity index is 510. The summed E-state index contributed by atoms with van der Waals surface area (Å²) in [5.74, 6) is 0.833. The molecule has 0 fully saturated rings. The number of hydrogen-bond acceptors (Lipinski definition) is 3. The van der Waals surface area contributed by atoms with Crippen LogP contribution < -0.4 is 15.4 Å². The molecule has 0 saturated carbocycles. The van der Waals surface area contributed by atoms with Crippen LogP contribution in [0.5, 0.6) is 5.75 Å². The van der Waals surface area contributed by atoms with Gasteiger partial charge >= 0.3 is 0 Å². The van der Waals surface area contributed by atoms with Gasteiger partial charge in [-0.3, -0.25) is 9.59 Å². The van der Waals surface area contributed by atoms with Gasteiger partial charge in [-0.1, -0.05) is 27.7 Å². The first-order valence-electron chi connectivity index (χ1n) is 8.07. The van der Waals surface area contributed by atoms with Crippen molar-refractivity contribution in [3.63, 3.8) is 0 Å². The van der Waals surface area contributed by atoms with Crippen molar-refractivity contribution in [1.29, 1.82) is 0 Å². The second kappa shape index (κ2) is 9.18. The number of nitrogens with one attached hydrogen (secondary N) is 2. The fraction of sp³-hybridized carbons (Fsp3) is 0.556. The largest absolute Gasteiger partial charge is 0.497 e. The van der Waals surface area contributed by atoms with Gasteiger partial charge in [-0.15, -0.1) is 0 Å². The number of benzene rings is 1. The average Bonchev–Trinajstić information content (AvgIpc) is 2.51. The maximum absolute atomic E-state index is 12.3. The fourth-order valence-electron chi connectivity index (χ4n) is 2.10.